The van der Waals surface area contributed by atoms with E-state index in [0.717, 1.165) is 29.7 Å². The highest BCUT2D eigenvalue weighted by Gasteiger charge is 2.38. The van der Waals surface area contributed by atoms with Crippen molar-refractivity contribution < 1.29 is 0 Å². The van der Waals surface area contributed by atoms with Crippen LogP contribution < -0.4 is 5.32 Å². The third kappa shape index (κ3) is 3.90. The van der Waals surface area contributed by atoms with E-state index in [4.69, 9.17) is 0 Å². The molecule has 1 aliphatic carbocycles. The average molecular weight is 363 g/mol. The maximum atomic E-state index is 4.31. The molecular weight excluding hydrogens is 328 g/mol. The van der Waals surface area contributed by atoms with Gasteiger partial charge in [-0.15, -0.1) is 0 Å². The number of piperazine rings is 1. The van der Waals surface area contributed by atoms with E-state index in [1.807, 2.05) is 0 Å². The molecule has 0 radical (unpaired) electrons. The molecule has 27 heavy (non-hydrogen) atoms. The van der Waals surface area contributed by atoms with Crippen LogP contribution in [0.3, 0.4) is 0 Å². The minimum atomic E-state index is 0.160. The Hall–Kier alpha value is -2.22. The van der Waals surface area contributed by atoms with Gasteiger partial charge in [0.2, 0.25) is 0 Å². The summed E-state index contributed by atoms with van der Waals surface area (Å²) in [5, 5.41) is 3.77. The van der Waals surface area contributed by atoms with Crippen LogP contribution in [0.25, 0.3) is 0 Å². The van der Waals surface area contributed by atoms with E-state index in [9.17, 15) is 0 Å². The third-order valence-electron chi connectivity index (χ3n) is 5.67. The Balaban J connectivity index is 2.04. The summed E-state index contributed by atoms with van der Waals surface area (Å²) in [5.41, 5.74) is 8.83. The molecule has 2 aliphatic heterocycles. The molecule has 1 saturated heterocycles. The molecule has 0 aromatic rings. The van der Waals surface area contributed by atoms with Crippen molar-refractivity contribution in [3.05, 3.63) is 82.9 Å². The largest absolute Gasteiger partial charge is 0.381 e. The summed E-state index contributed by atoms with van der Waals surface area (Å²) >= 11 is 0. The number of fused-ring (bicyclic) bond motifs is 1. The Kier molecular flexibility index (Phi) is 5.37. The second-order valence-electron chi connectivity index (χ2n) is 9.06. The van der Waals surface area contributed by atoms with Crippen LogP contribution in [-0.2, 0) is 0 Å². The van der Waals surface area contributed by atoms with Gasteiger partial charge in [0.25, 0.3) is 0 Å². The van der Waals surface area contributed by atoms with Crippen molar-refractivity contribution in [2.75, 3.05) is 6.54 Å². The number of rotatable bonds is 3. The lowest BCUT2D eigenvalue weighted by Gasteiger charge is -2.48. The second-order valence-corrected chi connectivity index (χ2v) is 9.06. The molecular formula is C25H34N2. The zero-order valence-electron chi connectivity index (χ0n) is 17.7. The highest BCUT2D eigenvalue weighted by atomic mass is 15.2. The molecule has 1 unspecified atom stereocenters. The van der Waals surface area contributed by atoms with Gasteiger partial charge >= 0.3 is 0 Å². The molecule has 0 spiro atoms. The normalized spacial score (nSPS) is 25.4. The first-order valence-electron chi connectivity index (χ1n) is 10.1. The molecule has 2 heteroatoms. The molecule has 1 N–H and O–H groups in total. The summed E-state index contributed by atoms with van der Waals surface area (Å²) < 4.78 is 0. The van der Waals surface area contributed by atoms with Crippen molar-refractivity contribution in [2.24, 2.45) is 5.41 Å². The van der Waals surface area contributed by atoms with Gasteiger partial charge in [0.1, 0.15) is 0 Å². The predicted molar refractivity (Wildman–Crippen MR) is 117 cm³/mol. The van der Waals surface area contributed by atoms with Gasteiger partial charge in [-0.25, -0.2) is 0 Å². The summed E-state index contributed by atoms with van der Waals surface area (Å²) in [6.07, 6.45) is 14.6. The van der Waals surface area contributed by atoms with Crippen LogP contribution >= 0.6 is 0 Å². The Morgan fingerprint density at radius 1 is 1.33 bits per heavy atom. The van der Waals surface area contributed by atoms with Gasteiger partial charge in [-0.05, 0) is 53.5 Å². The van der Waals surface area contributed by atoms with Crippen LogP contribution in [0.2, 0.25) is 0 Å². The maximum absolute atomic E-state index is 4.31. The van der Waals surface area contributed by atoms with Gasteiger partial charge in [0.05, 0.1) is 17.4 Å². The van der Waals surface area contributed by atoms with Crippen molar-refractivity contribution in [3.63, 3.8) is 0 Å². The van der Waals surface area contributed by atoms with Crippen LogP contribution in [0.4, 0.5) is 0 Å². The minimum absolute atomic E-state index is 0.160. The first-order valence-corrected chi connectivity index (χ1v) is 10.1. The van der Waals surface area contributed by atoms with Crippen LogP contribution in [-0.4, -0.2) is 17.5 Å². The molecule has 0 bridgehead atoms. The van der Waals surface area contributed by atoms with E-state index in [1.54, 1.807) is 0 Å². The molecule has 144 valence electrons. The first-order chi connectivity index (χ1) is 12.7. The maximum Gasteiger partial charge on any atom is 0.0654 e. The summed E-state index contributed by atoms with van der Waals surface area (Å²) in [5.74, 6) is 0. The fraction of sp³-hybridized carbons (Fsp3) is 0.440. The van der Waals surface area contributed by atoms with Crippen LogP contribution in [0, 0.1) is 5.41 Å². The molecule has 2 heterocycles. The Morgan fingerprint density at radius 3 is 2.70 bits per heavy atom. The molecule has 1 fully saturated rings. The molecule has 0 aromatic heterocycles. The SMILES string of the molecule is C=C(C)C1=CN2C(=CC1=C)/C(=C1\C=CC=C(CCC)C1)NCC2C(C)(C)C. The first kappa shape index (κ1) is 19.5. The van der Waals surface area contributed by atoms with Gasteiger partial charge in [-0.1, -0.05) is 71.1 Å². The fourth-order valence-corrected chi connectivity index (χ4v) is 4.17. The lowest BCUT2D eigenvalue weighted by molar-refractivity contribution is 0.160. The number of hydrogen-bond acceptors (Lipinski definition) is 2. The summed E-state index contributed by atoms with van der Waals surface area (Å²) in [4.78, 5) is 2.46. The zero-order chi connectivity index (χ0) is 19.8. The molecule has 0 aromatic carbocycles. The van der Waals surface area contributed by atoms with E-state index in [0.29, 0.717) is 6.04 Å². The van der Waals surface area contributed by atoms with Crippen molar-refractivity contribution in [3.8, 4) is 0 Å². The lowest BCUT2D eigenvalue weighted by Crippen LogP contribution is -2.53. The molecule has 1 atom stereocenters. The van der Waals surface area contributed by atoms with Gasteiger partial charge in [-0.2, -0.15) is 0 Å². The number of nitrogens with one attached hydrogen (secondary N) is 1. The second kappa shape index (κ2) is 7.42. The summed E-state index contributed by atoms with van der Waals surface area (Å²) in [6, 6.07) is 0.383. The fourth-order valence-electron chi connectivity index (χ4n) is 4.17. The van der Waals surface area contributed by atoms with E-state index in [-0.39, 0.29) is 5.41 Å². The van der Waals surface area contributed by atoms with Gasteiger partial charge in [0, 0.05) is 12.7 Å². The van der Waals surface area contributed by atoms with Gasteiger partial charge in [0.15, 0.2) is 0 Å². The van der Waals surface area contributed by atoms with E-state index >= 15 is 0 Å². The average Bonchev–Trinajstić information content (AvgIpc) is 2.59. The summed E-state index contributed by atoms with van der Waals surface area (Å²) in [6.45, 7) is 20.7. The Bertz CT molecular complexity index is 806. The van der Waals surface area contributed by atoms with Crippen molar-refractivity contribution in [2.45, 2.75) is 59.9 Å². The van der Waals surface area contributed by atoms with Crippen LogP contribution in [0.15, 0.2) is 82.9 Å². The van der Waals surface area contributed by atoms with Crippen molar-refractivity contribution in [1.29, 1.82) is 0 Å². The Labute approximate surface area is 165 Å². The topological polar surface area (TPSA) is 15.3 Å². The number of nitrogens with zero attached hydrogens (tertiary/aromatic N) is 1. The zero-order valence-corrected chi connectivity index (χ0v) is 17.7. The quantitative estimate of drug-likeness (QED) is 0.647. The van der Waals surface area contributed by atoms with Gasteiger partial charge in [-0.3, -0.25) is 0 Å². The van der Waals surface area contributed by atoms with Crippen molar-refractivity contribution >= 4 is 0 Å². The highest BCUT2D eigenvalue weighted by molar-refractivity contribution is 5.58. The Morgan fingerprint density at radius 2 is 2.07 bits per heavy atom. The predicted octanol–water partition coefficient (Wildman–Crippen LogP) is 6.16. The molecule has 3 rings (SSSR count). The van der Waals surface area contributed by atoms with Crippen LogP contribution in [0.1, 0.15) is 53.9 Å². The van der Waals surface area contributed by atoms with Crippen LogP contribution in [0.5, 0.6) is 0 Å². The smallest absolute Gasteiger partial charge is 0.0654 e. The monoisotopic (exact) mass is 362 g/mol. The third-order valence-corrected chi connectivity index (χ3v) is 5.67. The van der Waals surface area contributed by atoms with E-state index in [1.165, 1.54) is 35.4 Å². The van der Waals surface area contributed by atoms with Crippen molar-refractivity contribution in [1.82, 2.24) is 10.2 Å². The molecule has 0 saturated carbocycles. The van der Waals surface area contributed by atoms with E-state index < -0.39 is 0 Å². The molecule has 2 nitrogen and oxygen atoms in total. The number of hydrogen-bond donors (Lipinski definition) is 1. The summed E-state index contributed by atoms with van der Waals surface area (Å²) in [7, 11) is 0. The molecule has 0 amide bonds. The van der Waals surface area contributed by atoms with Gasteiger partial charge < -0.3 is 10.2 Å². The lowest BCUT2D eigenvalue weighted by atomic mass is 9.81. The minimum Gasteiger partial charge on any atom is -0.381 e. The van der Waals surface area contributed by atoms with E-state index in [2.05, 4.69) is 88.5 Å². The number of allylic oxidation sites excluding steroid dienone is 9. The highest BCUT2D eigenvalue weighted by Crippen LogP contribution is 2.40. The molecule has 3 aliphatic rings. The standard InChI is InChI=1S/C25H34N2/c1-8-10-19-11-9-12-20(14-19)24-22-13-18(4)21(17(2)3)16-27(22)23(15-26-24)25(5,6)7/h9,11-13,16,23,26H,2,4,8,10,14-15H2,1,3,5-7H3/b24-20-.